The number of carbonyl (C=O) groups excluding carboxylic acids is 1. The van der Waals surface area contributed by atoms with E-state index in [0.29, 0.717) is 35.5 Å². The van der Waals surface area contributed by atoms with Gasteiger partial charge in [-0.05, 0) is 57.0 Å². The third-order valence-electron chi connectivity index (χ3n) is 5.93. The molecule has 33 heavy (non-hydrogen) atoms. The maximum absolute atomic E-state index is 12.9. The van der Waals surface area contributed by atoms with Gasteiger partial charge in [-0.15, -0.1) is 11.3 Å². The predicted molar refractivity (Wildman–Crippen MR) is 135 cm³/mol. The number of hydrogen-bond acceptors (Lipinski definition) is 7. The molecule has 1 saturated heterocycles. The molecule has 0 bridgehead atoms. The minimum absolute atomic E-state index is 0.110. The second-order valence-electron chi connectivity index (χ2n) is 8.70. The molecule has 7 nitrogen and oxygen atoms in total. The molecule has 2 aromatic heterocycles. The molecule has 0 aliphatic carbocycles. The Labute approximate surface area is 198 Å². The number of hydrogen-bond donors (Lipinski definition) is 3. The SMILES string of the molecule is CNc1c(C(=O)NCCc2ccc(N3C[C@@H](C)N[C@@H](C)C3)c(C#N)c2)sc2nc(C)ccc12. The molecule has 172 valence electrons. The number of nitrogens with one attached hydrogen (secondary N) is 3. The number of aromatic nitrogens is 1. The number of anilines is 2. The molecule has 3 heterocycles. The fourth-order valence-corrected chi connectivity index (χ4v) is 5.65. The Bertz CT molecular complexity index is 1200. The van der Waals surface area contributed by atoms with E-state index in [1.807, 2.05) is 38.2 Å². The van der Waals surface area contributed by atoms with Crippen LogP contribution < -0.4 is 20.9 Å². The summed E-state index contributed by atoms with van der Waals surface area (Å²) in [7, 11) is 1.82. The van der Waals surface area contributed by atoms with E-state index in [9.17, 15) is 10.1 Å². The number of piperazine rings is 1. The van der Waals surface area contributed by atoms with Crippen LogP contribution in [0.15, 0.2) is 30.3 Å². The zero-order valence-electron chi connectivity index (χ0n) is 19.5. The minimum Gasteiger partial charge on any atom is -0.386 e. The van der Waals surface area contributed by atoms with Crippen molar-refractivity contribution in [1.29, 1.82) is 5.26 Å². The van der Waals surface area contributed by atoms with Crippen LogP contribution in [-0.4, -0.2) is 49.7 Å². The lowest BCUT2D eigenvalue weighted by Crippen LogP contribution is -2.54. The molecule has 3 aromatic rings. The molecule has 0 radical (unpaired) electrons. The average Bonchev–Trinajstić information content (AvgIpc) is 3.15. The van der Waals surface area contributed by atoms with E-state index in [2.05, 4.69) is 51.8 Å². The van der Waals surface area contributed by atoms with E-state index in [1.165, 1.54) is 11.3 Å². The Balaban J connectivity index is 1.43. The number of nitriles is 1. The third-order valence-corrected chi connectivity index (χ3v) is 7.03. The smallest absolute Gasteiger partial charge is 0.263 e. The van der Waals surface area contributed by atoms with Crippen molar-refractivity contribution < 1.29 is 4.79 Å². The van der Waals surface area contributed by atoms with E-state index in [4.69, 9.17) is 0 Å². The van der Waals surface area contributed by atoms with Gasteiger partial charge in [0, 0.05) is 49.8 Å². The number of carbonyl (C=O) groups is 1. The second-order valence-corrected chi connectivity index (χ2v) is 9.70. The van der Waals surface area contributed by atoms with Crippen LogP contribution in [0.5, 0.6) is 0 Å². The summed E-state index contributed by atoms with van der Waals surface area (Å²) in [5.74, 6) is -0.110. The van der Waals surface area contributed by atoms with Crippen LogP contribution in [-0.2, 0) is 6.42 Å². The van der Waals surface area contributed by atoms with Gasteiger partial charge in [-0.25, -0.2) is 4.98 Å². The van der Waals surface area contributed by atoms with Gasteiger partial charge in [0.2, 0.25) is 0 Å². The summed E-state index contributed by atoms with van der Waals surface area (Å²) in [6.45, 7) is 8.53. The first-order chi connectivity index (χ1) is 15.9. The lowest BCUT2D eigenvalue weighted by molar-refractivity contribution is 0.0959. The van der Waals surface area contributed by atoms with Crippen molar-refractivity contribution in [3.63, 3.8) is 0 Å². The molecular weight excluding hydrogens is 432 g/mol. The topological polar surface area (TPSA) is 93.1 Å². The molecule has 1 aliphatic rings. The molecule has 4 rings (SSSR count). The summed E-state index contributed by atoms with van der Waals surface area (Å²) in [6, 6.07) is 13.1. The standard InChI is InChI=1S/C25H30N6OS/c1-15-5-7-20-22(27-4)23(33-25(20)30-15)24(32)28-10-9-18-6-8-21(19(11-18)12-26)31-13-16(2)29-17(3)14-31/h5-8,11,16-17,27,29H,9-10,13-14H2,1-4H3,(H,28,32)/t16-,17+. The lowest BCUT2D eigenvalue weighted by atomic mass is 10.0. The molecule has 2 atom stereocenters. The summed E-state index contributed by atoms with van der Waals surface area (Å²) in [4.78, 5) is 21.2. The Morgan fingerprint density at radius 3 is 2.73 bits per heavy atom. The van der Waals surface area contributed by atoms with Crippen molar-refractivity contribution in [2.75, 3.05) is 36.9 Å². The van der Waals surface area contributed by atoms with Crippen molar-refractivity contribution >= 4 is 38.8 Å². The zero-order valence-corrected chi connectivity index (χ0v) is 20.3. The Kier molecular flexibility index (Phi) is 6.82. The van der Waals surface area contributed by atoms with Gasteiger partial charge in [0.1, 0.15) is 15.8 Å². The van der Waals surface area contributed by atoms with E-state index < -0.39 is 0 Å². The fourth-order valence-electron chi connectivity index (χ4n) is 4.51. The van der Waals surface area contributed by atoms with Gasteiger partial charge in [-0.3, -0.25) is 4.79 Å². The maximum atomic E-state index is 12.9. The molecule has 3 N–H and O–H groups in total. The number of thiophene rings is 1. The quantitative estimate of drug-likeness (QED) is 0.518. The molecule has 1 fully saturated rings. The first kappa shape index (κ1) is 23.0. The van der Waals surface area contributed by atoms with Gasteiger partial charge in [-0.1, -0.05) is 6.07 Å². The summed E-state index contributed by atoms with van der Waals surface area (Å²) in [6.07, 6.45) is 0.659. The fraction of sp³-hybridized carbons (Fsp3) is 0.400. The molecule has 1 amide bonds. The molecule has 0 saturated carbocycles. The molecular formula is C25H30N6OS. The number of nitrogens with zero attached hydrogens (tertiary/aromatic N) is 3. The highest BCUT2D eigenvalue weighted by Crippen LogP contribution is 2.34. The van der Waals surface area contributed by atoms with Crippen molar-refractivity contribution in [3.05, 3.63) is 52.0 Å². The predicted octanol–water partition coefficient (Wildman–Crippen LogP) is 3.68. The van der Waals surface area contributed by atoms with Crippen LogP contribution in [0, 0.1) is 18.3 Å². The largest absolute Gasteiger partial charge is 0.386 e. The molecule has 1 aliphatic heterocycles. The highest BCUT2D eigenvalue weighted by molar-refractivity contribution is 7.21. The number of fused-ring (bicyclic) bond motifs is 1. The van der Waals surface area contributed by atoms with Crippen LogP contribution in [0.25, 0.3) is 10.2 Å². The molecule has 0 spiro atoms. The van der Waals surface area contributed by atoms with Crippen LogP contribution in [0.2, 0.25) is 0 Å². The van der Waals surface area contributed by atoms with Crippen LogP contribution in [0.1, 0.15) is 40.3 Å². The molecule has 1 aromatic carbocycles. The van der Waals surface area contributed by atoms with E-state index in [-0.39, 0.29) is 5.91 Å². The van der Waals surface area contributed by atoms with Crippen LogP contribution in [0.3, 0.4) is 0 Å². The van der Waals surface area contributed by atoms with E-state index in [0.717, 1.165) is 45.9 Å². The van der Waals surface area contributed by atoms with Crippen molar-refractivity contribution in [1.82, 2.24) is 15.6 Å². The summed E-state index contributed by atoms with van der Waals surface area (Å²) in [5, 5.41) is 20.4. The van der Waals surface area contributed by atoms with Crippen molar-refractivity contribution in [2.24, 2.45) is 0 Å². The number of rotatable bonds is 6. The average molecular weight is 463 g/mol. The highest BCUT2D eigenvalue weighted by atomic mass is 32.1. The van der Waals surface area contributed by atoms with Gasteiger partial charge < -0.3 is 20.9 Å². The van der Waals surface area contributed by atoms with Gasteiger partial charge in [-0.2, -0.15) is 5.26 Å². The van der Waals surface area contributed by atoms with Gasteiger partial charge in [0.05, 0.1) is 16.9 Å². The van der Waals surface area contributed by atoms with Gasteiger partial charge in [0.15, 0.2) is 0 Å². The monoisotopic (exact) mass is 462 g/mol. The first-order valence-corrected chi connectivity index (χ1v) is 12.1. The maximum Gasteiger partial charge on any atom is 0.263 e. The lowest BCUT2D eigenvalue weighted by Gasteiger charge is -2.38. The van der Waals surface area contributed by atoms with Crippen LogP contribution in [0.4, 0.5) is 11.4 Å². The Morgan fingerprint density at radius 2 is 2.03 bits per heavy atom. The Morgan fingerprint density at radius 1 is 1.27 bits per heavy atom. The molecule has 0 unspecified atom stereocenters. The van der Waals surface area contributed by atoms with Crippen molar-refractivity contribution in [3.8, 4) is 6.07 Å². The van der Waals surface area contributed by atoms with Crippen LogP contribution >= 0.6 is 11.3 Å². The summed E-state index contributed by atoms with van der Waals surface area (Å²) < 4.78 is 0. The number of aryl methyl sites for hydroxylation is 1. The van der Waals surface area contributed by atoms with Crippen molar-refractivity contribution in [2.45, 2.75) is 39.3 Å². The normalized spacial score (nSPS) is 18.2. The number of benzene rings is 1. The van der Waals surface area contributed by atoms with Gasteiger partial charge >= 0.3 is 0 Å². The minimum atomic E-state index is -0.110. The summed E-state index contributed by atoms with van der Waals surface area (Å²) >= 11 is 1.40. The molecule has 8 heteroatoms. The number of amides is 1. The summed E-state index contributed by atoms with van der Waals surface area (Å²) in [5.41, 5.74) is 4.45. The second kappa shape index (κ2) is 9.77. The Hall–Kier alpha value is -3.15. The third kappa shape index (κ3) is 4.95. The van der Waals surface area contributed by atoms with E-state index in [1.54, 1.807) is 0 Å². The zero-order chi connectivity index (χ0) is 23.5. The van der Waals surface area contributed by atoms with Gasteiger partial charge in [0.25, 0.3) is 5.91 Å². The number of pyridine rings is 1. The first-order valence-electron chi connectivity index (χ1n) is 11.3. The highest BCUT2D eigenvalue weighted by Gasteiger charge is 2.23. The van der Waals surface area contributed by atoms with E-state index >= 15 is 0 Å².